The van der Waals surface area contributed by atoms with Crippen molar-refractivity contribution >= 4 is 22.5 Å². The zero-order valence-corrected chi connectivity index (χ0v) is 8.96. The molecule has 7 heteroatoms. The lowest BCUT2D eigenvalue weighted by molar-refractivity contribution is 0.104. The van der Waals surface area contributed by atoms with Gasteiger partial charge in [-0.2, -0.15) is 4.73 Å². The lowest BCUT2D eigenvalue weighted by Gasteiger charge is -2.03. The van der Waals surface area contributed by atoms with Gasteiger partial charge in [-0.3, -0.25) is 0 Å². The largest absolute Gasteiger partial charge is 0.403 e. The number of thiazole rings is 1. The van der Waals surface area contributed by atoms with Crippen LogP contribution in [-0.2, 0) is 6.61 Å². The maximum atomic E-state index is 5.52. The first kappa shape index (κ1) is 9.22. The number of fused-ring (bicyclic) bond motifs is 1. The zero-order chi connectivity index (χ0) is 10.8. The van der Waals surface area contributed by atoms with Crippen molar-refractivity contribution in [1.82, 2.24) is 24.7 Å². The van der Waals surface area contributed by atoms with E-state index >= 15 is 0 Å². The molecule has 0 amide bonds. The van der Waals surface area contributed by atoms with E-state index in [1.54, 1.807) is 30.1 Å². The summed E-state index contributed by atoms with van der Waals surface area (Å²) in [7, 11) is 0. The lowest BCUT2D eigenvalue weighted by atomic mass is 10.6. The quantitative estimate of drug-likeness (QED) is 0.672. The number of hydrogen-bond donors (Lipinski definition) is 0. The first-order valence-electron chi connectivity index (χ1n) is 4.58. The van der Waals surface area contributed by atoms with Gasteiger partial charge in [0.15, 0.2) is 12.3 Å². The lowest BCUT2D eigenvalue weighted by Crippen LogP contribution is -2.10. The number of hydrogen-bond acceptors (Lipinski definition) is 6. The highest BCUT2D eigenvalue weighted by Crippen LogP contribution is 2.08. The summed E-state index contributed by atoms with van der Waals surface area (Å²) in [5.74, 6) is 0. The molecule has 0 aliphatic heterocycles. The molecule has 0 bridgehead atoms. The molecule has 0 atom stereocenters. The second kappa shape index (κ2) is 3.86. The van der Waals surface area contributed by atoms with Gasteiger partial charge in [0.1, 0.15) is 23.2 Å². The van der Waals surface area contributed by atoms with E-state index in [4.69, 9.17) is 4.84 Å². The zero-order valence-electron chi connectivity index (χ0n) is 8.15. The highest BCUT2D eigenvalue weighted by Gasteiger charge is 2.04. The van der Waals surface area contributed by atoms with Crippen LogP contribution in [-0.4, -0.2) is 24.7 Å². The molecular weight excluding hydrogens is 226 g/mol. The van der Waals surface area contributed by atoms with Gasteiger partial charge in [0, 0.05) is 11.6 Å². The molecule has 0 aliphatic carbocycles. The van der Waals surface area contributed by atoms with Crippen LogP contribution in [0.2, 0.25) is 0 Å². The fraction of sp³-hybridized carbons (Fsp3) is 0.111. The van der Waals surface area contributed by atoms with E-state index < -0.39 is 0 Å². The van der Waals surface area contributed by atoms with Gasteiger partial charge in [-0.25, -0.2) is 19.9 Å². The number of nitrogens with zero attached hydrogens (tertiary/aromatic N) is 5. The Labute approximate surface area is 94.5 Å². The van der Waals surface area contributed by atoms with Crippen LogP contribution in [0.1, 0.15) is 5.01 Å². The van der Waals surface area contributed by atoms with E-state index in [1.807, 2.05) is 5.38 Å². The molecule has 0 saturated heterocycles. The van der Waals surface area contributed by atoms with E-state index in [0.29, 0.717) is 17.8 Å². The van der Waals surface area contributed by atoms with Crippen LogP contribution in [0.3, 0.4) is 0 Å². The normalized spacial score (nSPS) is 10.8. The van der Waals surface area contributed by atoms with Crippen LogP contribution in [0.4, 0.5) is 0 Å². The summed E-state index contributed by atoms with van der Waals surface area (Å²) in [6.45, 7) is 0.410. The van der Waals surface area contributed by atoms with Gasteiger partial charge >= 0.3 is 0 Å². The standard InChI is InChI=1S/C9H7N5OS/c1-2-16-8(11-1)4-15-14-6-13-7-3-10-5-12-9(7)14/h1-3,5-6H,4H2. The minimum absolute atomic E-state index is 0.410. The van der Waals surface area contributed by atoms with E-state index in [1.165, 1.54) is 11.1 Å². The van der Waals surface area contributed by atoms with Gasteiger partial charge in [-0.05, 0) is 0 Å². The molecule has 0 N–H and O–H groups in total. The Morgan fingerprint density at radius 3 is 3.19 bits per heavy atom. The predicted molar refractivity (Wildman–Crippen MR) is 57.7 cm³/mol. The third kappa shape index (κ3) is 1.61. The maximum absolute atomic E-state index is 5.52. The Bertz CT molecular complexity index is 591. The van der Waals surface area contributed by atoms with Crippen molar-refractivity contribution in [2.75, 3.05) is 0 Å². The van der Waals surface area contributed by atoms with Crippen molar-refractivity contribution in [1.29, 1.82) is 0 Å². The van der Waals surface area contributed by atoms with Crippen molar-refractivity contribution in [2.45, 2.75) is 6.61 Å². The van der Waals surface area contributed by atoms with Crippen molar-refractivity contribution in [3.8, 4) is 0 Å². The Morgan fingerprint density at radius 2 is 2.31 bits per heavy atom. The Hall–Kier alpha value is -2.02. The molecule has 80 valence electrons. The smallest absolute Gasteiger partial charge is 0.199 e. The number of rotatable bonds is 3. The van der Waals surface area contributed by atoms with Crippen LogP contribution < -0.4 is 4.84 Å². The minimum atomic E-state index is 0.410. The fourth-order valence-electron chi connectivity index (χ4n) is 1.29. The third-order valence-electron chi connectivity index (χ3n) is 1.99. The van der Waals surface area contributed by atoms with Crippen molar-refractivity contribution in [3.63, 3.8) is 0 Å². The van der Waals surface area contributed by atoms with Crippen molar-refractivity contribution < 1.29 is 4.84 Å². The molecule has 0 saturated carbocycles. The number of aromatic nitrogens is 5. The molecule has 6 nitrogen and oxygen atoms in total. The van der Waals surface area contributed by atoms with E-state index in [9.17, 15) is 0 Å². The van der Waals surface area contributed by atoms with Crippen LogP contribution in [0, 0.1) is 0 Å². The van der Waals surface area contributed by atoms with Gasteiger partial charge in [-0.15, -0.1) is 11.3 Å². The van der Waals surface area contributed by atoms with Crippen LogP contribution in [0.25, 0.3) is 11.2 Å². The molecule has 16 heavy (non-hydrogen) atoms. The topological polar surface area (TPSA) is 65.7 Å². The van der Waals surface area contributed by atoms with Crippen molar-refractivity contribution in [3.05, 3.63) is 35.4 Å². The second-order valence-corrected chi connectivity index (χ2v) is 3.98. The monoisotopic (exact) mass is 233 g/mol. The molecular formula is C9H7N5OS. The summed E-state index contributed by atoms with van der Waals surface area (Å²) < 4.78 is 1.53. The predicted octanol–water partition coefficient (Wildman–Crippen LogP) is 0.912. The highest BCUT2D eigenvalue weighted by atomic mass is 32.1. The van der Waals surface area contributed by atoms with Crippen molar-refractivity contribution in [2.24, 2.45) is 0 Å². The van der Waals surface area contributed by atoms with Crippen LogP contribution >= 0.6 is 11.3 Å². The molecule has 3 aromatic rings. The summed E-state index contributed by atoms with van der Waals surface area (Å²) >= 11 is 1.55. The van der Waals surface area contributed by atoms with E-state index in [-0.39, 0.29) is 0 Å². The molecule has 3 aromatic heterocycles. The first-order chi connectivity index (χ1) is 7.93. The molecule has 3 heterocycles. The first-order valence-corrected chi connectivity index (χ1v) is 5.46. The third-order valence-corrected chi connectivity index (χ3v) is 2.75. The van der Waals surface area contributed by atoms with Gasteiger partial charge in [-0.1, -0.05) is 0 Å². The Balaban J connectivity index is 1.84. The van der Waals surface area contributed by atoms with E-state index in [2.05, 4.69) is 19.9 Å². The van der Waals surface area contributed by atoms with Gasteiger partial charge in [0.2, 0.25) is 0 Å². The summed E-state index contributed by atoms with van der Waals surface area (Å²) in [6, 6.07) is 0. The second-order valence-electron chi connectivity index (χ2n) is 3.00. The molecule has 3 rings (SSSR count). The average Bonchev–Trinajstić information content (AvgIpc) is 2.96. The van der Waals surface area contributed by atoms with Gasteiger partial charge < -0.3 is 4.84 Å². The van der Waals surface area contributed by atoms with Gasteiger partial charge in [0.25, 0.3) is 0 Å². The summed E-state index contributed by atoms with van der Waals surface area (Å²) in [4.78, 5) is 21.7. The number of imidazole rings is 1. The molecule has 0 radical (unpaired) electrons. The van der Waals surface area contributed by atoms with Crippen LogP contribution in [0.5, 0.6) is 0 Å². The molecule has 0 fully saturated rings. The van der Waals surface area contributed by atoms with Gasteiger partial charge in [0.05, 0.1) is 6.20 Å². The highest BCUT2D eigenvalue weighted by molar-refractivity contribution is 7.09. The Kier molecular flexibility index (Phi) is 2.22. The SMILES string of the molecule is c1csc(COn2cnc3cncnc32)n1. The minimum Gasteiger partial charge on any atom is -0.403 e. The fourth-order valence-corrected chi connectivity index (χ4v) is 1.81. The average molecular weight is 233 g/mol. The summed E-state index contributed by atoms with van der Waals surface area (Å²) in [5.41, 5.74) is 1.37. The summed E-state index contributed by atoms with van der Waals surface area (Å²) in [5, 5.41) is 2.82. The Morgan fingerprint density at radius 1 is 1.31 bits per heavy atom. The van der Waals surface area contributed by atoms with E-state index in [0.717, 1.165) is 5.01 Å². The molecule has 0 aromatic carbocycles. The molecule has 0 aliphatic rings. The molecule has 0 unspecified atom stereocenters. The molecule has 0 spiro atoms. The maximum Gasteiger partial charge on any atom is 0.199 e. The summed E-state index contributed by atoms with van der Waals surface area (Å²) in [6.07, 6.45) is 6.43. The van der Waals surface area contributed by atoms with Crippen LogP contribution in [0.15, 0.2) is 30.4 Å².